The highest BCUT2D eigenvalue weighted by Crippen LogP contribution is 2.29. The van der Waals surface area contributed by atoms with Crippen LogP contribution in [-0.2, 0) is 6.42 Å². The average molecular weight is 316 g/mol. The van der Waals surface area contributed by atoms with Crippen molar-refractivity contribution in [1.29, 1.82) is 0 Å². The zero-order valence-corrected chi connectivity index (χ0v) is 13.2. The van der Waals surface area contributed by atoms with Crippen LogP contribution in [0.3, 0.4) is 0 Å². The lowest BCUT2D eigenvalue weighted by molar-refractivity contribution is 0.0918. The molecule has 5 heteroatoms. The van der Waals surface area contributed by atoms with Crippen LogP contribution < -0.4 is 9.47 Å². The predicted molar refractivity (Wildman–Crippen MR) is 86.6 cm³/mol. The molecule has 2 rings (SSSR count). The van der Waals surface area contributed by atoms with Gasteiger partial charge in [-0.2, -0.15) is 0 Å². The zero-order valence-electron chi connectivity index (χ0n) is 13.2. The van der Waals surface area contributed by atoms with E-state index >= 15 is 0 Å². The minimum absolute atomic E-state index is 0.00280. The Morgan fingerprint density at radius 1 is 1.04 bits per heavy atom. The van der Waals surface area contributed by atoms with Crippen LogP contribution in [0.2, 0.25) is 0 Å². The van der Waals surface area contributed by atoms with Gasteiger partial charge in [-0.05, 0) is 42.3 Å². The van der Waals surface area contributed by atoms with Gasteiger partial charge in [-0.25, -0.2) is 0 Å². The Balaban J connectivity index is 2.09. The Kier molecular flexibility index (Phi) is 5.46. The number of methoxy groups -OCH3 is 1. The number of Topliss-reactive ketones (excluding diaryl/α,β-unsaturated/α-hetero) is 1. The second kappa shape index (κ2) is 7.54. The first-order chi connectivity index (χ1) is 11.0. The molecule has 0 radical (unpaired) electrons. The van der Waals surface area contributed by atoms with E-state index in [2.05, 4.69) is 0 Å². The molecule has 0 aromatic heterocycles. The monoisotopic (exact) mass is 316 g/mol. The maximum absolute atomic E-state index is 12.2. The lowest BCUT2D eigenvalue weighted by Crippen LogP contribution is -2.12. The Morgan fingerprint density at radius 2 is 1.70 bits per heavy atom. The number of aryl methyl sites for hydroxylation is 1. The summed E-state index contributed by atoms with van der Waals surface area (Å²) in [5.41, 5.74) is 0.790. The van der Waals surface area contributed by atoms with Crippen molar-refractivity contribution in [3.8, 4) is 23.0 Å². The minimum Gasteiger partial charge on any atom is -0.508 e. The number of ketones is 1. The predicted octanol–water partition coefficient (Wildman–Crippen LogP) is 3.32. The van der Waals surface area contributed by atoms with Crippen LogP contribution in [-0.4, -0.2) is 29.7 Å². The normalized spacial score (nSPS) is 10.3. The summed E-state index contributed by atoms with van der Waals surface area (Å²) >= 11 is 0. The molecule has 0 atom stereocenters. The quantitative estimate of drug-likeness (QED) is 0.766. The lowest BCUT2D eigenvalue weighted by Gasteiger charge is -2.10. The fourth-order valence-corrected chi connectivity index (χ4v) is 2.21. The fraction of sp³-hybridized carbons (Fsp3) is 0.278. The molecule has 0 heterocycles. The average Bonchev–Trinajstić information content (AvgIpc) is 2.55. The van der Waals surface area contributed by atoms with E-state index in [0.29, 0.717) is 23.5 Å². The SMILES string of the molecule is CCCc1cc(C(=O)COc2ccc(OC)cc2)c(O)cc1O. The molecule has 0 saturated heterocycles. The number of ether oxygens (including phenoxy) is 2. The third-order valence-corrected chi connectivity index (χ3v) is 3.45. The molecule has 2 aromatic rings. The molecule has 5 nitrogen and oxygen atoms in total. The number of benzene rings is 2. The number of hydrogen-bond acceptors (Lipinski definition) is 5. The number of aromatic hydroxyl groups is 2. The van der Waals surface area contributed by atoms with Crippen molar-refractivity contribution in [2.24, 2.45) is 0 Å². The number of phenolic OH excluding ortho intramolecular Hbond substituents is 2. The first-order valence-corrected chi connectivity index (χ1v) is 7.40. The van der Waals surface area contributed by atoms with Crippen molar-refractivity contribution >= 4 is 5.78 Å². The van der Waals surface area contributed by atoms with Gasteiger partial charge in [-0.15, -0.1) is 0 Å². The molecular weight excluding hydrogens is 296 g/mol. The van der Waals surface area contributed by atoms with Crippen LogP contribution in [0.5, 0.6) is 23.0 Å². The molecule has 0 aliphatic heterocycles. The van der Waals surface area contributed by atoms with Crippen LogP contribution in [0.1, 0.15) is 29.3 Å². The summed E-state index contributed by atoms with van der Waals surface area (Å²) in [6.45, 7) is 1.77. The van der Waals surface area contributed by atoms with Crippen LogP contribution in [0.4, 0.5) is 0 Å². The molecule has 2 N–H and O–H groups in total. The Labute approximate surface area is 135 Å². The summed E-state index contributed by atoms with van der Waals surface area (Å²) < 4.78 is 10.5. The largest absolute Gasteiger partial charge is 0.508 e. The number of rotatable bonds is 7. The highest BCUT2D eigenvalue weighted by molar-refractivity contribution is 6.00. The summed E-state index contributed by atoms with van der Waals surface area (Å²) in [6.07, 6.45) is 1.46. The second-order valence-electron chi connectivity index (χ2n) is 5.14. The minimum atomic E-state index is -0.351. The molecule has 0 unspecified atom stereocenters. The molecule has 23 heavy (non-hydrogen) atoms. The molecule has 0 bridgehead atoms. The molecule has 0 aliphatic carbocycles. The van der Waals surface area contributed by atoms with Crippen molar-refractivity contribution in [3.05, 3.63) is 47.5 Å². The Hall–Kier alpha value is -2.69. The van der Waals surface area contributed by atoms with E-state index in [9.17, 15) is 15.0 Å². The van der Waals surface area contributed by atoms with Gasteiger partial charge in [-0.1, -0.05) is 13.3 Å². The van der Waals surface area contributed by atoms with Gasteiger partial charge in [0.2, 0.25) is 5.78 Å². The molecule has 0 saturated carbocycles. The van der Waals surface area contributed by atoms with Crippen molar-refractivity contribution in [3.63, 3.8) is 0 Å². The Morgan fingerprint density at radius 3 is 2.30 bits per heavy atom. The maximum Gasteiger partial charge on any atom is 0.203 e. The summed E-state index contributed by atoms with van der Waals surface area (Å²) in [7, 11) is 1.57. The van der Waals surface area contributed by atoms with Crippen LogP contribution in [0.25, 0.3) is 0 Å². The van der Waals surface area contributed by atoms with Gasteiger partial charge in [0.1, 0.15) is 23.0 Å². The lowest BCUT2D eigenvalue weighted by atomic mass is 10.0. The third kappa shape index (κ3) is 4.16. The number of carbonyl (C=O) groups is 1. The van der Waals surface area contributed by atoms with E-state index in [1.54, 1.807) is 31.4 Å². The van der Waals surface area contributed by atoms with E-state index in [1.807, 2.05) is 6.92 Å². The van der Waals surface area contributed by atoms with E-state index in [-0.39, 0.29) is 29.5 Å². The summed E-state index contributed by atoms with van der Waals surface area (Å²) in [4.78, 5) is 12.2. The number of carbonyl (C=O) groups excluding carboxylic acids is 1. The van der Waals surface area contributed by atoms with Gasteiger partial charge >= 0.3 is 0 Å². The highest BCUT2D eigenvalue weighted by atomic mass is 16.5. The van der Waals surface area contributed by atoms with Crippen LogP contribution in [0, 0.1) is 0 Å². The van der Waals surface area contributed by atoms with Gasteiger partial charge in [0, 0.05) is 6.07 Å². The van der Waals surface area contributed by atoms with Gasteiger partial charge in [-0.3, -0.25) is 4.79 Å². The molecular formula is C18H20O5. The van der Waals surface area contributed by atoms with Crippen molar-refractivity contribution in [1.82, 2.24) is 0 Å². The molecule has 0 fully saturated rings. The Bertz CT molecular complexity index is 677. The van der Waals surface area contributed by atoms with E-state index in [0.717, 1.165) is 6.42 Å². The van der Waals surface area contributed by atoms with Gasteiger partial charge in [0.25, 0.3) is 0 Å². The van der Waals surface area contributed by atoms with E-state index in [1.165, 1.54) is 12.1 Å². The van der Waals surface area contributed by atoms with Crippen LogP contribution in [0.15, 0.2) is 36.4 Å². The van der Waals surface area contributed by atoms with E-state index < -0.39 is 0 Å². The molecule has 122 valence electrons. The second-order valence-corrected chi connectivity index (χ2v) is 5.14. The summed E-state index contributed by atoms with van der Waals surface area (Å²) in [6, 6.07) is 9.59. The molecule has 0 amide bonds. The highest BCUT2D eigenvalue weighted by Gasteiger charge is 2.15. The summed E-state index contributed by atoms with van der Waals surface area (Å²) in [5.74, 6) is 0.633. The first-order valence-electron chi connectivity index (χ1n) is 7.40. The molecule has 0 aliphatic rings. The smallest absolute Gasteiger partial charge is 0.203 e. The number of phenols is 2. The van der Waals surface area contributed by atoms with Crippen molar-refractivity contribution in [2.45, 2.75) is 19.8 Å². The van der Waals surface area contributed by atoms with Gasteiger partial charge < -0.3 is 19.7 Å². The standard InChI is InChI=1S/C18H20O5/c1-3-4-12-9-15(17(20)10-16(12)19)18(21)11-23-14-7-5-13(22-2)6-8-14/h5-10,19-20H,3-4,11H2,1-2H3. The van der Waals surface area contributed by atoms with Crippen molar-refractivity contribution in [2.75, 3.05) is 13.7 Å². The zero-order chi connectivity index (χ0) is 16.8. The maximum atomic E-state index is 12.2. The molecule has 2 aromatic carbocycles. The van der Waals surface area contributed by atoms with E-state index in [4.69, 9.17) is 9.47 Å². The van der Waals surface area contributed by atoms with Gasteiger partial charge in [0.15, 0.2) is 6.61 Å². The topological polar surface area (TPSA) is 76.0 Å². The first kappa shape index (κ1) is 16.7. The summed E-state index contributed by atoms with van der Waals surface area (Å²) in [5, 5.41) is 19.6. The van der Waals surface area contributed by atoms with Crippen molar-refractivity contribution < 1.29 is 24.5 Å². The van der Waals surface area contributed by atoms with Gasteiger partial charge in [0.05, 0.1) is 12.7 Å². The molecule has 0 spiro atoms. The fourth-order valence-electron chi connectivity index (χ4n) is 2.21. The third-order valence-electron chi connectivity index (χ3n) is 3.45. The van der Waals surface area contributed by atoms with Crippen LogP contribution >= 0.6 is 0 Å². The number of hydrogen-bond donors (Lipinski definition) is 2.